The smallest absolute Gasteiger partial charge is 0.255 e. The molecule has 0 bridgehead atoms. The van der Waals surface area contributed by atoms with Crippen molar-refractivity contribution >= 4 is 23.2 Å². The van der Waals surface area contributed by atoms with Crippen LogP contribution >= 0.6 is 11.6 Å². The first-order valence-electron chi connectivity index (χ1n) is 6.90. The van der Waals surface area contributed by atoms with Crippen LogP contribution in [-0.2, 0) is 0 Å². The number of nitrogens with one attached hydrogen (secondary N) is 1. The van der Waals surface area contributed by atoms with E-state index in [4.69, 9.17) is 11.6 Å². The normalized spacial score (nSPS) is 14.3. The fourth-order valence-corrected chi connectivity index (χ4v) is 2.26. The van der Waals surface area contributed by atoms with Crippen LogP contribution in [-0.4, -0.2) is 30.9 Å². The molecular formula is C15H21ClN2O. The molecule has 0 radical (unpaired) electrons. The zero-order valence-electron chi connectivity index (χ0n) is 11.6. The number of benzene rings is 1. The van der Waals surface area contributed by atoms with Crippen LogP contribution < -0.4 is 5.32 Å². The van der Waals surface area contributed by atoms with E-state index in [-0.39, 0.29) is 5.91 Å². The van der Waals surface area contributed by atoms with Gasteiger partial charge in [-0.15, -0.1) is 0 Å². The summed E-state index contributed by atoms with van der Waals surface area (Å²) in [6.07, 6.45) is 3.51. The van der Waals surface area contributed by atoms with Crippen LogP contribution in [0.15, 0.2) is 18.2 Å². The highest BCUT2D eigenvalue weighted by Crippen LogP contribution is 2.30. The maximum atomic E-state index is 12.5. The van der Waals surface area contributed by atoms with Crippen molar-refractivity contribution in [2.24, 2.45) is 5.92 Å². The molecule has 1 N–H and O–H groups in total. The molecule has 4 heteroatoms. The maximum absolute atomic E-state index is 12.5. The van der Waals surface area contributed by atoms with E-state index in [0.717, 1.165) is 25.2 Å². The van der Waals surface area contributed by atoms with E-state index in [2.05, 4.69) is 12.2 Å². The lowest BCUT2D eigenvalue weighted by molar-refractivity contribution is 0.0789. The van der Waals surface area contributed by atoms with Crippen molar-refractivity contribution in [3.63, 3.8) is 0 Å². The van der Waals surface area contributed by atoms with Crippen molar-refractivity contribution in [1.82, 2.24) is 4.90 Å². The summed E-state index contributed by atoms with van der Waals surface area (Å²) in [5.41, 5.74) is 1.54. The molecule has 1 aromatic rings. The minimum Gasteiger partial charge on any atom is -0.384 e. The van der Waals surface area contributed by atoms with Gasteiger partial charge in [-0.1, -0.05) is 18.5 Å². The molecule has 1 amide bonds. The Morgan fingerprint density at radius 3 is 2.84 bits per heavy atom. The maximum Gasteiger partial charge on any atom is 0.255 e. The number of carbonyl (C=O) groups excluding carboxylic acids is 1. The van der Waals surface area contributed by atoms with Crippen LogP contribution in [0.3, 0.4) is 0 Å². The quantitative estimate of drug-likeness (QED) is 0.863. The molecule has 3 nitrogen and oxygen atoms in total. The Balaban J connectivity index is 2.14. The average Bonchev–Trinajstić information content (AvgIpc) is 3.20. The second-order valence-electron chi connectivity index (χ2n) is 5.25. The van der Waals surface area contributed by atoms with Crippen LogP contribution in [0.4, 0.5) is 5.69 Å². The summed E-state index contributed by atoms with van der Waals surface area (Å²) >= 11 is 6.02. The number of hydrogen-bond donors (Lipinski definition) is 1. The Hall–Kier alpha value is -1.22. The van der Waals surface area contributed by atoms with E-state index in [1.54, 1.807) is 11.0 Å². The number of nitrogens with zero attached hydrogens (tertiary/aromatic N) is 1. The van der Waals surface area contributed by atoms with Crippen molar-refractivity contribution < 1.29 is 4.79 Å². The molecule has 1 saturated carbocycles. The predicted molar refractivity (Wildman–Crippen MR) is 79.9 cm³/mol. The van der Waals surface area contributed by atoms with Crippen LogP contribution in [0.5, 0.6) is 0 Å². The lowest BCUT2D eigenvalue weighted by Gasteiger charge is -2.19. The minimum atomic E-state index is 0.0491. The number of rotatable bonds is 6. The summed E-state index contributed by atoms with van der Waals surface area (Å²) < 4.78 is 0. The molecule has 0 aromatic heterocycles. The van der Waals surface area contributed by atoms with E-state index in [0.29, 0.717) is 16.5 Å². The van der Waals surface area contributed by atoms with Gasteiger partial charge in [-0.3, -0.25) is 4.79 Å². The first kappa shape index (κ1) is 14.2. The predicted octanol–water partition coefficient (Wildman–Crippen LogP) is 3.64. The minimum absolute atomic E-state index is 0.0491. The molecule has 0 aliphatic heterocycles. The monoisotopic (exact) mass is 280 g/mol. The van der Waals surface area contributed by atoms with Crippen molar-refractivity contribution in [1.29, 1.82) is 0 Å². The lowest BCUT2D eigenvalue weighted by Crippen LogP contribution is -2.29. The highest BCUT2D eigenvalue weighted by atomic mass is 35.5. The molecule has 1 aliphatic carbocycles. The van der Waals surface area contributed by atoms with Gasteiger partial charge in [0, 0.05) is 30.8 Å². The molecule has 19 heavy (non-hydrogen) atoms. The Bertz CT molecular complexity index is 457. The van der Waals surface area contributed by atoms with E-state index < -0.39 is 0 Å². The molecule has 0 saturated heterocycles. The van der Waals surface area contributed by atoms with Crippen LogP contribution in [0.25, 0.3) is 0 Å². The highest BCUT2D eigenvalue weighted by molar-refractivity contribution is 6.31. The average molecular weight is 281 g/mol. The highest BCUT2D eigenvalue weighted by Gasteiger charge is 2.26. The van der Waals surface area contributed by atoms with Gasteiger partial charge in [-0.2, -0.15) is 0 Å². The molecule has 0 atom stereocenters. The van der Waals surface area contributed by atoms with E-state index in [9.17, 15) is 4.79 Å². The van der Waals surface area contributed by atoms with Gasteiger partial charge in [-0.25, -0.2) is 0 Å². The Kier molecular flexibility index (Phi) is 4.70. The molecule has 1 aliphatic rings. The summed E-state index contributed by atoms with van der Waals surface area (Å²) in [6.45, 7) is 3.80. The van der Waals surface area contributed by atoms with Crippen molar-refractivity contribution in [2.45, 2.75) is 26.2 Å². The zero-order chi connectivity index (χ0) is 13.8. The first-order chi connectivity index (χ1) is 9.11. The first-order valence-corrected chi connectivity index (χ1v) is 7.28. The Morgan fingerprint density at radius 2 is 2.21 bits per heavy atom. The zero-order valence-corrected chi connectivity index (χ0v) is 12.3. The van der Waals surface area contributed by atoms with Gasteiger partial charge in [-0.05, 0) is 43.4 Å². The topological polar surface area (TPSA) is 32.3 Å². The van der Waals surface area contributed by atoms with E-state index in [1.165, 1.54) is 12.8 Å². The fraction of sp³-hybridized carbons (Fsp3) is 0.533. The SMILES string of the molecule is CCCNc1ccc(Cl)cc1C(=O)N(C)CC1CC1. The van der Waals surface area contributed by atoms with Crippen LogP contribution in [0.2, 0.25) is 5.02 Å². The Morgan fingerprint density at radius 1 is 1.47 bits per heavy atom. The van der Waals surface area contributed by atoms with Gasteiger partial charge in [0.05, 0.1) is 5.56 Å². The molecule has 0 spiro atoms. The summed E-state index contributed by atoms with van der Waals surface area (Å²) in [4.78, 5) is 14.3. The van der Waals surface area contributed by atoms with Gasteiger partial charge >= 0.3 is 0 Å². The number of amides is 1. The number of anilines is 1. The molecule has 1 fully saturated rings. The van der Waals surface area contributed by atoms with Crippen LogP contribution in [0.1, 0.15) is 36.5 Å². The standard InChI is InChI=1S/C15H21ClN2O/c1-3-8-17-14-7-6-12(16)9-13(14)15(19)18(2)10-11-4-5-11/h6-7,9,11,17H,3-5,8,10H2,1-2H3. The molecule has 0 heterocycles. The number of halogens is 1. The van der Waals surface area contributed by atoms with Crippen molar-refractivity contribution in [3.8, 4) is 0 Å². The van der Waals surface area contributed by atoms with Gasteiger partial charge in [0.1, 0.15) is 0 Å². The molecule has 104 valence electrons. The summed E-state index contributed by atoms with van der Waals surface area (Å²) in [7, 11) is 1.87. The second-order valence-corrected chi connectivity index (χ2v) is 5.68. The Labute approximate surface area is 119 Å². The molecular weight excluding hydrogens is 260 g/mol. The summed E-state index contributed by atoms with van der Waals surface area (Å²) in [5, 5.41) is 3.89. The molecule has 0 unspecified atom stereocenters. The summed E-state index contributed by atoms with van der Waals surface area (Å²) in [6, 6.07) is 5.46. The third kappa shape index (κ3) is 3.87. The molecule has 2 rings (SSSR count). The van der Waals surface area contributed by atoms with Gasteiger partial charge in [0.2, 0.25) is 0 Å². The van der Waals surface area contributed by atoms with E-state index in [1.807, 2.05) is 19.2 Å². The van der Waals surface area contributed by atoms with E-state index >= 15 is 0 Å². The molecule has 1 aromatic carbocycles. The number of hydrogen-bond acceptors (Lipinski definition) is 2. The van der Waals surface area contributed by atoms with Gasteiger partial charge < -0.3 is 10.2 Å². The number of carbonyl (C=O) groups is 1. The van der Waals surface area contributed by atoms with Crippen molar-refractivity contribution in [3.05, 3.63) is 28.8 Å². The lowest BCUT2D eigenvalue weighted by atomic mass is 10.1. The fourth-order valence-electron chi connectivity index (χ4n) is 2.08. The third-order valence-corrected chi connectivity index (χ3v) is 3.59. The van der Waals surface area contributed by atoms with Crippen molar-refractivity contribution in [2.75, 3.05) is 25.5 Å². The van der Waals surface area contributed by atoms with Gasteiger partial charge in [0.25, 0.3) is 5.91 Å². The summed E-state index contributed by atoms with van der Waals surface area (Å²) in [5.74, 6) is 0.744. The largest absolute Gasteiger partial charge is 0.384 e. The second kappa shape index (κ2) is 6.29. The van der Waals surface area contributed by atoms with Crippen LogP contribution in [0, 0.1) is 5.92 Å². The van der Waals surface area contributed by atoms with Gasteiger partial charge in [0.15, 0.2) is 0 Å². The third-order valence-electron chi connectivity index (χ3n) is 3.35.